The van der Waals surface area contributed by atoms with Gasteiger partial charge in [0.2, 0.25) is 0 Å². The van der Waals surface area contributed by atoms with Gasteiger partial charge in [0, 0.05) is 78.3 Å². The first-order chi connectivity index (χ1) is 18.5. The summed E-state index contributed by atoms with van der Waals surface area (Å²) in [6.07, 6.45) is 1.83. The van der Waals surface area contributed by atoms with Crippen LogP contribution in [0.3, 0.4) is 0 Å². The quantitative estimate of drug-likeness (QED) is 0.176. The smallest absolute Gasteiger partial charge is 0.349 e. The van der Waals surface area contributed by atoms with Crippen LogP contribution in [0.4, 0.5) is 0 Å². The van der Waals surface area contributed by atoms with Crippen LogP contribution in [0.2, 0.25) is 0 Å². The number of rotatable bonds is 1. The van der Waals surface area contributed by atoms with Crippen molar-refractivity contribution in [2.24, 2.45) is 14.1 Å². The fourth-order valence-electron chi connectivity index (χ4n) is 4.24. The molecule has 0 atom stereocenters. The Morgan fingerprint density at radius 2 is 1.15 bits per heavy atom. The van der Waals surface area contributed by atoms with Crippen LogP contribution in [0.5, 0.6) is 0 Å². The van der Waals surface area contributed by atoms with Crippen molar-refractivity contribution in [1.82, 2.24) is 39.0 Å². The van der Waals surface area contributed by atoms with E-state index in [1.54, 1.807) is 42.3 Å². The maximum absolute atomic E-state index is 11.8. The van der Waals surface area contributed by atoms with Crippen LogP contribution in [-0.2, 0) is 61.0 Å². The largest absolute Gasteiger partial charge is 0.376 e. The number of carbonyl (C=O) groups excluding carboxylic acids is 1. The Morgan fingerprint density at radius 3 is 1.61 bits per heavy atom. The number of hydrogen-bond acceptors (Lipinski definition) is 9. The third-order valence-corrected chi connectivity index (χ3v) is 6.40. The normalized spacial score (nSPS) is 10.6. The molecule has 4 aliphatic rings. The zero-order valence-corrected chi connectivity index (χ0v) is 27.9. The summed E-state index contributed by atoms with van der Waals surface area (Å²) in [7, 11) is 3.43. The average Bonchev–Trinajstić information content (AvgIpc) is 2.88. The summed E-state index contributed by atoms with van der Waals surface area (Å²) in [6.45, 7) is 7.63. The molecule has 0 aromatic heterocycles. The molecule has 0 saturated carbocycles. The molecule has 6 rings (SSSR count). The van der Waals surface area contributed by atoms with Crippen molar-refractivity contribution in [3.05, 3.63) is 95.1 Å². The standard InChI is InChI=1S/C13H9N4O3.C13H11N4O2.2W/c1-6-3-9-8(4-7(6)5-18)14-10-11(17(9)2)15-13(20)16-12(10)19;1-6-4-8-9(5-7(6)2)17(3)11-10(14-8)12(18)16-13(19)15-11;;/h3-4H,1-2H3,(H,16,19,20);4-5H,1H2,2-3H3,(H,16,18,19);;/q2*-1;;. The molecule has 0 amide bonds. The Balaban J connectivity index is 0.000000215. The van der Waals surface area contributed by atoms with E-state index >= 15 is 0 Å². The van der Waals surface area contributed by atoms with Crippen molar-refractivity contribution in [1.29, 1.82) is 0 Å². The van der Waals surface area contributed by atoms with Gasteiger partial charge >= 0.3 is 11.4 Å². The molecule has 4 aliphatic heterocycles. The van der Waals surface area contributed by atoms with Crippen molar-refractivity contribution < 1.29 is 46.9 Å². The Morgan fingerprint density at radius 1 is 0.707 bits per heavy atom. The average molecular weight is 892 g/mol. The number of benzene rings is 2. The molecule has 0 saturated heterocycles. The van der Waals surface area contributed by atoms with Crippen LogP contribution in [0.1, 0.15) is 22.3 Å². The van der Waals surface area contributed by atoms with Gasteiger partial charge in [-0.2, -0.15) is 22.5 Å². The number of aryl methyl sites for hydroxylation is 4. The van der Waals surface area contributed by atoms with Crippen LogP contribution >= 0.6 is 0 Å². The number of H-pyrrole nitrogens is 2. The molecule has 13 nitrogen and oxygen atoms in total. The minimum atomic E-state index is -0.714. The van der Waals surface area contributed by atoms with E-state index in [-0.39, 0.29) is 65.2 Å². The molecular weight excluding hydrogens is 872 g/mol. The van der Waals surface area contributed by atoms with E-state index < -0.39 is 22.5 Å². The first kappa shape index (κ1) is 31.4. The van der Waals surface area contributed by atoms with Crippen LogP contribution in [0, 0.1) is 20.8 Å². The third kappa shape index (κ3) is 5.60. The first-order valence-electron chi connectivity index (χ1n) is 11.5. The van der Waals surface area contributed by atoms with Crippen molar-refractivity contribution in [3.8, 4) is 23.0 Å². The monoisotopic (exact) mass is 892 g/mol. The maximum atomic E-state index is 11.8. The predicted octanol–water partition coefficient (Wildman–Crippen LogP) is 0.495. The van der Waals surface area contributed by atoms with Gasteiger partial charge in [-0.25, -0.2) is 9.59 Å². The number of nitrogens with zero attached hydrogens (tertiary/aromatic N) is 6. The second kappa shape index (κ2) is 11.8. The Kier molecular flexibility index (Phi) is 9.05. The topological polar surface area (TPSA) is 178 Å². The molecule has 4 heterocycles. The van der Waals surface area contributed by atoms with Crippen LogP contribution < -0.4 is 22.5 Å². The summed E-state index contributed by atoms with van der Waals surface area (Å²) in [6, 6.07) is 7.03. The van der Waals surface area contributed by atoms with Gasteiger partial charge in [-0.05, 0) is 0 Å². The van der Waals surface area contributed by atoms with Crippen molar-refractivity contribution in [3.63, 3.8) is 0 Å². The molecule has 2 aromatic carbocycles. The fraction of sp³-hybridized carbons (Fsp3) is 0.154. The van der Waals surface area contributed by atoms with Gasteiger partial charge < -0.3 is 13.9 Å². The summed E-state index contributed by atoms with van der Waals surface area (Å²) in [5.41, 5.74) is 3.26. The van der Waals surface area contributed by atoms with Gasteiger partial charge in [-0.15, -0.1) is 28.8 Å². The van der Waals surface area contributed by atoms with Gasteiger partial charge in [-0.1, -0.05) is 26.0 Å². The van der Waals surface area contributed by atoms with E-state index in [9.17, 15) is 24.0 Å². The SMILES string of the molecule is Cc1cc2c(cc1[C-]=O)nc1c(=O)[nH]c(=O)nc-1n2C.[CH2-]c1cc2nc3c(=O)[nH]c(=O)nc-3n(C)c2cc1C.[W].[W]. The molecule has 0 radical (unpaired) electrons. The van der Waals surface area contributed by atoms with E-state index in [0.29, 0.717) is 22.1 Å². The Bertz CT molecular complexity index is 2150. The molecule has 15 heteroatoms. The summed E-state index contributed by atoms with van der Waals surface area (Å²) in [4.78, 5) is 77.2. The van der Waals surface area contributed by atoms with Gasteiger partial charge in [0.15, 0.2) is 23.0 Å². The van der Waals surface area contributed by atoms with E-state index in [2.05, 4.69) is 36.8 Å². The number of nitrogens with one attached hydrogen (secondary N) is 2. The number of aromatic nitrogens is 8. The molecule has 208 valence electrons. The Hall–Kier alpha value is -4.08. The number of hydrogen-bond donors (Lipinski definition) is 2. The molecule has 41 heavy (non-hydrogen) atoms. The first-order valence-corrected chi connectivity index (χ1v) is 11.5. The molecule has 2 N–H and O–H groups in total. The van der Waals surface area contributed by atoms with Crippen LogP contribution in [0.25, 0.3) is 45.1 Å². The summed E-state index contributed by atoms with van der Waals surface area (Å²) in [5, 5.41) is 0. The van der Waals surface area contributed by atoms with Crippen molar-refractivity contribution in [2.75, 3.05) is 0 Å². The summed E-state index contributed by atoms with van der Waals surface area (Å²) in [5.74, 6) is 0.478. The van der Waals surface area contributed by atoms with E-state index in [0.717, 1.165) is 22.2 Å². The summed E-state index contributed by atoms with van der Waals surface area (Å²) < 4.78 is 3.30. The second-order valence-electron chi connectivity index (χ2n) is 8.95. The number of fused-ring (bicyclic) bond motifs is 4. The van der Waals surface area contributed by atoms with Gasteiger partial charge in [-0.3, -0.25) is 29.5 Å². The maximum Gasteiger partial charge on any atom is 0.349 e. The molecule has 2 aromatic rings. The van der Waals surface area contributed by atoms with Crippen LogP contribution in [-0.4, -0.2) is 45.3 Å². The molecule has 0 spiro atoms. The third-order valence-electron chi connectivity index (χ3n) is 6.40. The summed E-state index contributed by atoms with van der Waals surface area (Å²) >= 11 is 0. The molecule has 0 unspecified atom stereocenters. The zero-order chi connectivity index (χ0) is 28.2. The minimum Gasteiger partial charge on any atom is -0.376 e. The second-order valence-corrected chi connectivity index (χ2v) is 8.95. The van der Waals surface area contributed by atoms with Gasteiger partial charge in [0.05, 0.1) is 6.29 Å². The van der Waals surface area contributed by atoms with E-state index in [4.69, 9.17) is 0 Å². The molecule has 0 bridgehead atoms. The van der Waals surface area contributed by atoms with Crippen LogP contribution in [0.15, 0.2) is 43.4 Å². The van der Waals surface area contributed by atoms with Crippen molar-refractivity contribution >= 4 is 28.4 Å². The predicted molar refractivity (Wildman–Crippen MR) is 143 cm³/mol. The minimum absolute atomic E-state index is 0. The fourth-order valence-corrected chi connectivity index (χ4v) is 4.24. The van der Waals surface area contributed by atoms with Gasteiger partial charge in [0.1, 0.15) is 0 Å². The molecular formula is C26H20N8O5W2-2. The molecule has 0 fully saturated rings. The van der Waals surface area contributed by atoms with E-state index in [1.807, 2.05) is 25.3 Å². The molecule has 0 aliphatic carbocycles. The van der Waals surface area contributed by atoms with E-state index in [1.165, 1.54) is 0 Å². The zero-order valence-electron chi connectivity index (χ0n) is 22.1. The van der Waals surface area contributed by atoms with Gasteiger partial charge in [0.25, 0.3) is 11.1 Å². The Labute approximate surface area is 259 Å². The van der Waals surface area contributed by atoms with Crippen molar-refractivity contribution in [2.45, 2.75) is 13.8 Å². The number of aromatic amines is 2.